The molecule has 0 heterocycles. The van der Waals surface area contributed by atoms with Crippen molar-refractivity contribution in [3.63, 3.8) is 0 Å². The van der Waals surface area contributed by atoms with Gasteiger partial charge in [-0.3, -0.25) is 0 Å². The van der Waals surface area contributed by atoms with Crippen LogP contribution in [0.1, 0.15) is 26.7 Å². The molecule has 14 heteroatoms. The SMILES string of the molecule is CCC(OCCOCCOCCOC(CC)S(=O)(=O)[O-])S(=O)(=O)[O-].[Na+].[Na+]. The molecule has 0 aliphatic rings. The third-order valence-electron chi connectivity index (χ3n) is 2.75. The van der Waals surface area contributed by atoms with E-state index in [9.17, 15) is 25.9 Å². The van der Waals surface area contributed by atoms with E-state index < -0.39 is 31.1 Å². The summed E-state index contributed by atoms with van der Waals surface area (Å²) in [6.07, 6.45) is 0.125. The van der Waals surface area contributed by atoms with Gasteiger partial charge < -0.3 is 28.1 Å². The molecule has 2 atom stereocenters. The van der Waals surface area contributed by atoms with E-state index in [0.29, 0.717) is 0 Å². The Morgan fingerprint density at radius 3 is 1.15 bits per heavy atom. The monoisotopic (exact) mass is 438 g/mol. The minimum atomic E-state index is -4.47. The summed E-state index contributed by atoms with van der Waals surface area (Å²) in [6.45, 7) is 3.56. The number of hydrogen-bond donors (Lipinski definition) is 0. The molecule has 0 aliphatic carbocycles. The largest absolute Gasteiger partial charge is 1.00 e. The van der Waals surface area contributed by atoms with Crippen LogP contribution in [-0.2, 0) is 39.2 Å². The zero-order valence-corrected chi connectivity index (χ0v) is 21.3. The maximum atomic E-state index is 10.8. The van der Waals surface area contributed by atoms with E-state index >= 15 is 0 Å². The van der Waals surface area contributed by atoms with Gasteiger partial charge in [0.05, 0.1) is 39.6 Å². The molecule has 0 saturated heterocycles. The van der Waals surface area contributed by atoms with Gasteiger partial charge in [0.25, 0.3) is 0 Å². The van der Waals surface area contributed by atoms with Crippen LogP contribution < -0.4 is 59.1 Å². The second kappa shape index (κ2) is 17.5. The van der Waals surface area contributed by atoms with Crippen molar-refractivity contribution in [2.45, 2.75) is 37.6 Å². The third kappa shape index (κ3) is 16.6. The van der Waals surface area contributed by atoms with Crippen molar-refractivity contribution in [3.8, 4) is 0 Å². The van der Waals surface area contributed by atoms with Gasteiger partial charge >= 0.3 is 59.1 Å². The van der Waals surface area contributed by atoms with Crippen LogP contribution in [0.2, 0.25) is 0 Å². The maximum Gasteiger partial charge on any atom is 1.00 e. The molecule has 146 valence electrons. The van der Waals surface area contributed by atoms with Crippen LogP contribution in [0.5, 0.6) is 0 Å². The van der Waals surface area contributed by atoms with E-state index in [-0.39, 0.29) is 112 Å². The van der Waals surface area contributed by atoms with Crippen molar-refractivity contribution in [3.05, 3.63) is 0 Å². The van der Waals surface area contributed by atoms with Gasteiger partial charge in [0.15, 0.2) is 0 Å². The van der Waals surface area contributed by atoms with E-state index in [1.54, 1.807) is 0 Å². The Balaban J connectivity index is -0.00000264. The van der Waals surface area contributed by atoms with Crippen molar-refractivity contribution in [2.75, 3.05) is 39.6 Å². The molecule has 0 bridgehead atoms. The number of rotatable bonds is 15. The second-order valence-electron chi connectivity index (χ2n) is 4.63. The van der Waals surface area contributed by atoms with Crippen molar-refractivity contribution in [2.24, 2.45) is 0 Å². The summed E-state index contributed by atoms with van der Waals surface area (Å²) in [6, 6.07) is 0. The summed E-state index contributed by atoms with van der Waals surface area (Å²) in [4.78, 5) is 0. The first-order valence-corrected chi connectivity index (χ1v) is 10.3. The topological polar surface area (TPSA) is 151 Å². The molecule has 0 aromatic carbocycles. The van der Waals surface area contributed by atoms with Crippen LogP contribution in [0.25, 0.3) is 0 Å². The Morgan fingerprint density at radius 2 is 0.923 bits per heavy atom. The molecule has 0 fully saturated rings. The summed E-state index contributed by atoms with van der Waals surface area (Å²) in [5.74, 6) is 0. The zero-order valence-electron chi connectivity index (χ0n) is 15.7. The fourth-order valence-corrected chi connectivity index (χ4v) is 2.95. The van der Waals surface area contributed by atoms with Gasteiger partial charge in [0.1, 0.15) is 31.1 Å². The molecule has 0 rings (SSSR count). The number of hydrogen-bond acceptors (Lipinski definition) is 10. The summed E-state index contributed by atoms with van der Waals surface area (Å²) in [7, 11) is -8.95. The average Bonchev–Trinajstić information content (AvgIpc) is 2.46. The zero-order chi connectivity index (χ0) is 18.6. The van der Waals surface area contributed by atoms with Crippen LogP contribution in [-0.4, -0.2) is 76.5 Å². The Hall–Kier alpha value is 1.66. The fourth-order valence-electron chi connectivity index (χ4n) is 1.61. The maximum absolute atomic E-state index is 10.8. The molecule has 10 nitrogen and oxygen atoms in total. The molecule has 0 aliphatic heterocycles. The molecule has 2 unspecified atom stereocenters. The van der Waals surface area contributed by atoms with Crippen molar-refractivity contribution < 1.29 is 104 Å². The van der Waals surface area contributed by atoms with Crippen LogP contribution >= 0.6 is 0 Å². The first-order chi connectivity index (χ1) is 11.1. The van der Waals surface area contributed by atoms with E-state index in [4.69, 9.17) is 18.9 Å². The van der Waals surface area contributed by atoms with Crippen LogP contribution in [0, 0.1) is 0 Å². The van der Waals surface area contributed by atoms with Gasteiger partial charge in [-0.25, -0.2) is 16.8 Å². The Labute approximate surface area is 199 Å². The van der Waals surface area contributed by atoms with E-state index in [0.717, 1.165) is 0 Å². The molecule has 0 amide bonds. The summed E-state index contributed by atoms with van der Waals surface area (Å²) >= 11 is 0. The van der Waals surface area contributed by atoms with E-state index in [1.165, 1.54) is 13.8 Å². The van der Waals surface area contributed by atoms with Crippen LogP contribution in [0.15, 0.2) is 0 Å². The minimum absolute atomic E-state index is 0. The molecule has 0 aromatic rings. The van der Waals surface area contributed by atoms with Gasteiger partial charge in [-0.1, -0.05) is 13.8 Å². The fraction of sp³-hybridized carbons (Fsp3) is 1.00. The molecule has 0 spiro atoms. The molecule has 0 aromatic heterocycles. The van der Waals surface area contributed by atoms with Crippen molar-refractivity contribution >= 4 is 20.2 Å². The molecule has 0 saturated carbocycles. The quantitative estimate of drug-likeness (QED) is 0.137. The molecular weight excluding hydrogens is 414 g/mol. The van der Waals surface area contributed by atoms with Crippen molar-refractivity contribution in [1.29, 1.82) is 0 Å². The smallest absolute Gasteiger partial charge is 0.746 e. The predicted molar refractivity (Wildman–Crippen MR) is 81.1 cm³/mol. The third-order valence-corrected chi connectivity index (χ3v) is 4.97. The molecular formula is C12H24Na2O10S2. The van der Waals surface area contributed by atoms with Crippen LogP contribution in [0.3, 0.4) is 0 Å². The van der Waals surface area contributed by atoms with Gasteiger partial charge in [-0.15, -0.1) is 0 Å². The summed E-state index contributed by atoms with van der Waals surface area (Å²) in [5.41, 5.74) is -2.75. The molecule has 26 heavy (non-hydrogen) atoms. The van der Waals surface area contributed by atoms with Crippen LogP contribution in [0.4, 0.5) is 0 Å². The average molecular weight is 438 g/mol. The normalized spacial score (nSPS) is 14.2. The number of ether oxygens (including phenoxy) is 4. The summed E-state index contributed by atoms with van der Waals surface area (Å²) < 4.78 is 84.5. The standard InChI is InChI=1S/C12H26O10S2.2Na/c1-3-11(23(13,14)15)21-9-7-19-5-6-20-8-10-22-12(4-2)24(16,17)18;;/h11-12H,3-10H2,1-2H3,(H,13,14,15)(H,16,17,18);;/q;2*+1/p-2. The molecule has 0 N–H and O–H groups in total. The Kier molecular flexibility index (Phi) is 21.8. The van der Waals surface area contributed by atoms with Gasteiger partial charge in [-0.05, 0) is 12.8 Å². The Bertz CT molecular complexity index is 478. The first-order valence-electron chi connectivity index (χ1n) is 7.41. The second-order valence-corrected chi connectivity index (χ2v) is 7.65. The van der Waals surface area contributed by atoms with Gasteiger partial charge in [0, 0.05) is 0 Å². The van der Waals surface area contributed by atoms with E-state index in [1.807, 2.05) is 0 Å². The molecule has 0 radical (unpaired) electrons. The van der Waals surface area contributed by atoms with Crippen molar-refractivity contribution in [1.82, 2.24) is 0 Å². The summed E-state index contributed by atoms with van der Waals surface area (Å²) in [5, 5.41) is 0. The Morgan fingerprint density at radius 1 is 0.654 bits per heavy atom. The first kappa shape index (κ1) is 32.3. The van der Waals surface area contributed by atoms with Gasteiger partial charge in [0.2, 0.25) is 0 Å². The minimum Gasteiger partial charge on any atom is -0.746 e. The van der Waals surface area contributed by atoms with Gasteiger partial charge in [-0.2, -0.15) is 0 Å². The van der Waals surface area contributed by atoms with E-state index in [2.05, 4.69) is 0 Å². The predicted octanol–water partition coefficient (Wildman–Crippen LogP) is -6.38.